The van der Waals surface area contributed by atoms with Crippen molar-refractivity contribution < 1.29 is 0 Å². The van der Waals surface area contributed by atoms with E-state index >= 15 is 0 Å². The van der Waals surface area contributed by atoms with Gasteiger partial charge >= 0.3 is 0 Å². The summed E-state index contributed by atoms with van der Waals surface area (Å²) in [5, 5.41) is 6.25. The van der Waals surface area contributed by atoms with Crippen molar-refractivity contribution in [2.24, 2.45) is 7.05 Å². The quantitative estimate of drug-likeness (QED) is 0.583. The number of aryl methyl sites for hydroxylation is 2. The summed E-state index contributed by atoms with van der Waals surface area (Å²) in [7, 11) is 2.01. The molecule has 20 heavy (non-hydrogen) atoms. The van der Waals surface area contributed by atoms with Crippen LogP contribution in [-0.4, -0.2) is 20.4 Å². The lowest BCUT2D eigenvalue weighted by molar-refractivity contribution is 0.523. The number of hydrogen-bond acceptors (Lipinski definition) is 1. The molecule has 0 spiro atoms. The molecule has 0 fully saturated rings. The summed E-state index contributed by atoms with van der Waals surface area (Å²) in [6, 6.07) is 10.7. The van der Waals surface area contributed by atoms with Crippen LogP contribution >= 0.6 is 47.8 Å². The highest BCUT2D eigenvalue weighted by atomic mass is 79.9. The third-order valence-electron chi connectivity index (χ3n) is 3.59. The van der Waals surface area contributed by atoms with Crippen molar-refractivity contribution in [1.29, 1.82) is 0 Å². The number of alkyl halides is 2. The molecule has 1 aromatic heterocycles. The molecule has 0 aliphatic carbocycles. The van der Waals surface area contributed by atoms with Crippen LogP contribution < -0.4 is 0 Å². The van der Waals surface area contributed by atoms with Gasteiger partial charge in [0.2, 0.25) is 0 Å². The Hall–Kier alpha value is -0.130. The molecule has 2 aromatic rings. The van der Waals surface area contributed by atoms with Gasteiger partial charge in [0, 0.05) is 39.7 Å². The SMILES string of the molecule is Cc1cc(CC(CBr)(CBr)c2ccc(Br)cc2)n(C)n1. The van der Waals surface area contributed by atoms with Gasteiger partial charge in [0.15, 0.2) is 0 Å². The van der Waals surface area contributed by atoms with E-state index in [1.54, 1.807) is 0 Å². The second-order valence-corrected chi connectivity index (χ2v) is 7.17. The molecule has 1 aromatic carbocycles. The first kappa shape index (κ1) is 16.2. The summed E-state index contributed by atoms with van der Waals surface area (Å²) in [6.45, 7) is 2.03. The van der Waals surface area contributed by atoms with Crippen LogP contribution in [0.4, 0.5) is 0 Å². The Morgan fingerprint density at radius 2 is 1.75 bits per heavy atom. The van der Waals surface area contributed by atoms with E-state index in [0.29, 0.717) is 0 Å². The lowest BCUT2D eigenvalue weighted by Gasteiger charge is -2.31. The van der Waals surface area contributed by atoms with Crippen LogP contribution in [0.25, 0.3) is 0 Å². The molecule has 0 saturated carbocycles. The predicted molar refractivity (Wildman–Crippen MR) is 95.1 cm³/mol. The summed E-state index contributed by atoms with van der Waals surface area (Å²) >= 11 is 10.9. The fraction of sp³-hybridized carbons (Fsp3) is 0.400. The predicted octanol–water partition coefficient (Wildman–Crippen LogP) is 4.76. The highest BCUT2D eigenvalue weighted by molar-refractivity contribution is 9.10. The average molecular weight is 465 g/mol. The van der Waals surface area contributed by atoms with Crippen molar-refractivity contribution in [1.82, 2.24) is 9.78 Å². The largest absolute Gasteiger partial charge is 0.272 e. The molecular weight excluding hydrogens is 448 g/mol. The van der Waals surface area contributed by atoms with Gasteiger partial charge in [0.1, 0.15) is 0 Å². The lowest BCUT2D eigenvalue weighted by Crippen LogP contribution is -2.33. The standard InChI is InChI=1S/C15H17Br3N2/c1-11-7-14(20(2)19-11)8-15(9-16,10-17)12-3-5-13(18)6-4-12/h3-7H,8-10H2,1-2H3. The molecule has 0 radical (unpaired) electrons. The number of rotatable bonds is 5. The van der Waals surface area contributed by atoms with Crippen LogP contribution in [-0.2, 0) is 18.9 Å². The molecule has 1 heterocycles. The van der Waals surface area contributed by atoms with Gasteiger partial charge in [-0.05, 0) is 30.7 Å². The van der Waals surface area contributed by atoms with Crippen LogP contribution in [0.5, 0.6) is 0 Å². The Balaban J connectivity index is 2.39. The maximum atomic E-state index is 4.45. The second-order valence-electron chi connectivity index (χ2n) is 5.13. The third kappa shape index (κ3) is 3.37. The zero-order valence-corrected chi connectivity index (χ0v) is 16.3. The Morgan fingerprint density at radius 1 is 1.15 bits per heavy atom. The van der Waals surface area contributed by atoms with E-state index < -0.39 is 0 Å². The number of nitrogens with zero attached hydrogens (tertiary/aromatic N) is 2. The Morgan fingerprint density at radius 3 is 2.20 bits per heavy atom. The second kappa shape index (κ2) is 6.75. The fourth-order valence-electron chi connectivity index (χ4n) is 2.37. The van der Waals surface area contributed by atoms with Gasteiger partial charge in [-0.15, -0.1) is 0 Å². The minimum atomic E-state index is 0.0287. The Labute approximate surface area is 145 Å². The minimum Gasteiger partial charge on any atom is -0.272 e. The molecule has 0 N–H and O–H groups in total. The van der Waals surface area contributed by atoms with E-state index in [-0.39, 0.29) is 5.41 Å². The first-order valence-electron chi connectivity index (χ1n) is 6.38. The normalized spacial score (nSPS) is 11.8. The van der Waals surface area contributed by atoms with E-state index in [4.69, 9.17) is 0 Å². The molecule has 2 nitrogen and oxygen atoms in total. The van der Waals surface area contributed by atoms with E-state index in [0.717, 1.165) is 27.2 Å². The average Bonchev–Trinajstić information content (AvgIpc) is 2.75. The van der Waals surface area contributed by atoms with Gasteiger partial charge in [-0.1, -0.05) is 59.9 Å². The molecule has 2 rings (SSSR count). The van der Waals surface area contributed by atoms with Crippen molar-refractivity contribution in [3.05, 3.63) is 51.8 Å². The molecule has 0 aliphatic heterocycles. The molecular formula is C15H17Br3N2. The van der Waals surface area contributed by atoms with Crippen LogP contribution in [0.3, 0.4) is 0 Å². The number of halogens is 3. The van der Waals surface area contributed by atoms with Crippen molar-refractivity contribution >= 4 is 47.8 Å². The van der Waals surface area contributed by atoms with Gasteiger partial charge < -0.3 is 0 Å². The number of hydrogen-bond donors (Lipinski definition) is 0. The smallest absolute Gasteiger partial charge is 0.0596 e. The van der Waals surface area contributed by atoms with E-state index in [2.05, 4.69) is 83.2 Å². The van der Waals surface area contributed by atoms with Crippen molar-refractivity contribution in [3.63, 3.8) is 0 Å². The molecule has 0 bridgehead atoms. The molecule has 108 valence electrons. The summed E-state index contributed by atoms with van der Waals surface area (Å²) in [5.74, 6) is 0. The van der Waals surface area contributed by atoms with Gasteiger partial charge in [-0.3, -0.25) is 4.68 Å². The molecule has 0 aliphatic rings. The van der Waals surface area contributed by atoms with Crippen LogP contribution in [0.1, 0.15) is 17.0 Å². The van der Waals surface area contributed by atoms with Crippen LogP contribution in [0.2, 0.25) is 0 Å². The minimum absolute atomic E-state index is 0.0287. The van der Waals surface area contributed by atoms with Gasteiger partial charge in [0.05, 0.1) is 5.69 Å². The van der Waals surface area contributed by atoms with Crippen molar-refractivity contribution in [2.75, 3.05) is 10.7 Å². The summed E-state index contributed by atoms with van der Waals surface area (Å²) in [5.41, 5.74) is 3.68. The van der Waals surface area contributed by atoms with E-state index in [9.17, 15) is 0 Å². The lowest BCUT2D eigenvalue weighted by atomic mass is 9.80. The number of aromatic nitrogens is 2. The Bertz CT molecular complexity index is 571. The zero-order chi connectivity index (χ0) is 14.8. The van der Waals surface area contributed by atoms with Crippen LogP contribution in [0, 0.1) is 6.92 Å². The van der Waals surface area contributed by atoms with Gasteiger partial charge in [-0.25, -0.2) is 0 Å². The Kier molecular flexibility index (Phi) is 5.49. The summed E-state index contributed by atoms with van der Waals surface area (Å²) in [6.07, 6.45) is 0.947. The number of benzene rings is 1. The van der Waals surface area contributed by atoms with E-state index in [1.165, 1.54) is 11.3 Å². The van der Waals surface area contributed by atoms with Crippen molar-refractivity contribution in [2.45, 2.75) is 18.8 Å². The third-order valence-corrected chi connectivity index (χ3v) is 6.26. The van der Waals surface area contributed by atoms with Crippen molar-refractivity contribution in [3.8, 4) is 0 Å². The maximum absolute atomic E-state index is 4.45. The summed E-state index contributed by atoms with van der Waals surface area (Å²) < 4.78 is 3.09. The van der Waals surface area contributed by atoms with Gasteiger partial charge in [-0.2, -0.15) is 5.10 Å². The monoisotopic (exact) mass is 462 g/mol. The highest BCUT2D eigenvalue weighted by Crippen LogP contribution is 2.33. The van der Waals surface area contributed by atoms with Gasteiger partial charge in [0.25, 0.3) is 0 Å². The molecule has 0 atom stereocenters. The maximum Gasteiger partial charge on any atom is 0.0596 e. The topological polar surface area (TPSA) is 17.8 Å². The molecule has 0 saturated heterocycles. The van der Waals surface area contributed by atoms with E-state index in [1.807, 2.05) is 18.7 Å². The highest BCUT2D eigenvalue weighted by Gasteiger charge is 2.31. The first-order chi connectivity index (χ1) is 9.50. The zero-order valence-electron chi connectivity index (χ0n) is 11.5. The molecule has 0 unspecified atom stereocenters. The molecule has 0 amide bonds. The molecule has 5 heteroatoms. The van der Waals surface area contributed by atoms with Crippen LogP contribution in [0.15, 0.2) is 34.8 Å². The summed E-state index contributed by atoms with van der Waals surface area (Å²) in [4.78, 5) is 0. The first-order valence-corrected chi connectivity index (χ1v) is 9.42. The fourth-order valence-corrected chi connectivity index (χ4v) is 4.60.